The summed E-state index contributed by atoms with van der Waals surface area (Å²) in [7, 11) is 0. The van der Waals surface area contributed by atoms with Crippen molar-refractivity contribution < 1.29 is 5.11 Å². The van der Waals surface area contributed by atoms with Gasteiger partial charge in [-0.2, -0.15) is 0 Å². The predicted octanol–water partition coefficient (Wildman–Crippen LogP) is 3.91. The van der Waals surface area contributed by atoms with Gasteiger partial charge in [-0.25, -0.2) is 0 Å². The van der Waals surface area contributed by atoms with Crippen LogP contribution >= 0.6 is 0 Å². The second-order valence-corrected chi connectivity index (χ2v) is 4.26. The molecule has 0 unspecified atom stereocenters. The summed E-state index contributed by atoms with van der Waals surface area (Å²) in [6, 6.07) is 0. The number of unbranched alkanes of at least 4 members (excludes halogenated alkanes) is 10. The molecule has 2 heteroatoms. The van der Waals surface area contributed by atoms with Gasteiger partial charge in [-0.1, -0.05) is 71.1 Å². The van der Waals surface area contributed by atoms with E-state index in [1.807, 2.05) is 0 Å². The van der Waals surface area contributed by atoms with Crippen LogP contribution in [-0.4, -0.2) is 63.1 Å². The molecule has 0 aromatic heterocycles. The Balaban J connectivity index is 0. The Labute approximate surface area is 139 Å². The summed E-state index contributed by atoms with van der Waals surface area (Å²) < 4.78 is 0. The molecule has 15 heavy (non-hydrogen) atoms. The Morgan fingerprint density at radius 2 is 0.933 bits per heavy atom. The summed E-state index contributed by atoms with van der Waals surface area (Å²) >= 11 is 0. The van der Waals surface area contributed by atoms with Crippen LogP contribution in [0.15, 0.2) is 0 Å². The zero-order valence-electron chi connectivity index (χ0n) is 10.9. The van der Waals surface area contributed by atoms with Crippen molar-refractivity contribution >= 4 is 51.4 Å². The van der Waals surface area contributed by atoms with Crippen LogP contribution in [0.4, 0.5) is 0 Å². The maximum Gasteiger partial charge on any atom is 0.0431 e. The molecule has 0 aromatic rings. The first kappa shape index (κ1) is 18.9. The van der Waals surface area contributed by atoms with Gasteiger partial charge in [0.05, 0.1) is 0 Å². The van der Waals surface area contributed by atoms with Gasteiger partial charge < -0.3 is 5.11 Å². The predicted molar refractivity (Wildman–Crippen MR) is 69.3 cm³/mol. The normalized spacial score (nSPS) is 10.0. The molecule has 0 saturated carbocycles. The summed E-state index contributed by atoms with van der Waals surface area (Å²) in [5.41, 5.74) is 0. The minimum atomic E-state index is 0. The van der Waals surface area contributed by atoms with Gasteiger partial charge in [0.25, 0.3) is 0 Å². The molecule has 87 valence electrons. The Kier molecular flexibility index (Phi) is 22.7. The van der Waals surface area contributed by atoms with Gasteiger partial charge in [-0.3, -0.25) is 0 Å². The number of hydrogen-bond donors (Lipinski definition) is 1. The zero-order valence-corrected chi connectivity index (χ0v) is 14.1. The Hall–Kier alpha value is 1.60. The van der Waals surface area contributed by atoms with Crippen molar-refractivity contribution in [1.82, 2.24) is 0 Å². The van der Waals surface area contributed by atoms with E-state index in [1.54, 1.807) is 0 Å². The van der Waals surface area contributed by atoms with Gasteiger partial charge in [0.1, 0.15) is 0 Å². The third-order valence-corrected chi connectivity index (χ3v) is 2.76. The minimum absolute atomic E-state index is 0. The van der Waals surface area contributed by atoms with Gasteiger partial charge in [-0.05, 0) is 6.42 Å². The van der Waals surface area contributed by atoms with Gasteiger partial charge in [-0.15, -0.1) is 0 Å². The van der Waals surface area contributed by atoms with Crippen molar-refractivity contribution in [3.8, 4) is 0 Å². The largest absolute Gasteiger partial charge is 0.396 e. The van der Waals surface area contributed by atoms with E-state index in [0.717, 1.165) is 6.42 Å². The van der Waals surface area contributed by atoms with Gasteiger partial charge in [0, 0.05) is 58.0 Å². The van der Waals surface area contributed by atoms with E-state index in [-0.39, 0.29) is 51.4 Å². The number of rotatable bonds is 11. The molecule has 0 aliphatic rings. The first-order valence-corrected chi connectivity index (χ1v) is 6.52. The molecule has 1 nitrogen and oxygen atoms in total. The molecule has 1 radical (unpaired) electrons. The molecular formula is C13H28KO. The first-order valence-electron chi connectivity index (χ1n) is 6.52. The van der Waals surface area contributed by atoms with E-state index in [0.29, 0.717) is 6.61 Å². The monoisotopic (exact) mass is 239 g/mol. The van der Waals surface area contributed by atoms with E-state index < -0.39 is 0 Å². The average Bonchev–Trinajstić information content (AvgIpc) is 2.21. The van der Waals surface area contributed by atoms with E-state index in [1.165, 1.54) is 64.2 Å². The van der Waals surface area contributed by atoms with Crippen molar-refractivity contribution in [2.45, 2.75) is 77.6 Å². The molecule has 0 atom stereocenters. The fourth-order valence-electron chi connectivity index (χ4n) is 1.78. The van der Waals surface area contributed by atoms with Crippen molar-refractivity contribution in [3.63, 3.8) is 0 Å². The van der Waals surface area contributed by atoms with Gasteiger partial charge >= 0.3 is 0 Å². The van der Waals surface area contributed by atoms with Crippen LogP contribution in [0.25, 0.3) is 0 Å². The Bertz CT molecular complexity index is 84.5. The Morgan fingerprint density at radius 3 is 1.27 bits per heavy atom. The molecule has 0 fully saturated rings. The third kappa shape index (κ3) is 18.2. The quantitative estimate of drug-likeness (QED) is 0.428. The molecule has 0 aromatic carbocycles. The van der Waals surface area contributed by atoms with E-state index in [9.17, 15) is 0 Å². The third-order valence-electron chi connectivity index (χ3n) is 2.76. The number of hydrogen-bond acceptors (Lipinski definition) is 1. The van der Waals surface area contributed by atoms with Crippen molar-refractivity contribution in [2.24, 2.45) is 0 Å². The van der Waals surface area contributed by atoms with E-state index in [4.69, 9.17) is 5.11 Å². The zero-order chi connectivity index (χ0) is 10.5. The molecule has 0 bridgehead atoms. The van der Waals surface area contributed by atoms with Crippen LogP contribution in [0.2, 0.25) is 0 Å². The molecule has 0 heterocycles. The maximum atomic E-state index is 8.59. The second kappa shape index (κ2) is 18.0. The summed E-state index contributed by atoms with van der Waals surface area (Å²) in [5.74, 6) is 0. The van der Waals surface area contributed by atoms with Crippen LogP contribution in [0.1, 0.15) is 77.6 Å². The van der Waals surface area contributed by atoms with Crippen LogP contribution in [0.3, 0.4) is 0 Å². The van der Waals surface area contributed by atoms with Crippen molar-refractivity contribution in [3.05, 3.63) is 0 Å². The average molecular weight is 239 g/mol. The second-order valence-electron chi connectivity index (χ2n) is 4.26. The molecule has 1 N–H and O–H groups in total. The number of aliphatic hydroxyl groups is 1. The number of aliphatic hydroxyl groups excluding tert-OH is 1. The smallest absolute Gasteiger partial charge is 0.0431 e. The van der Waals surface area contributed by atoms with Crippen LogP contribution < -0.4 is 0 Å². The van der Waals surface area contributed by atoms with Gasteiger partial charge in [0.2, 0.25) is 0 Å². The standard InChI is InChI=1S/C13H28O.K/c1-2-3-4-5-6-7-8-9-10-11-12-13-14;/h14H,2-13H2,1H3;. The van der Waals surface area contributed by atoms with Crippen molar-refractivity contribution in [1.29, 1.82) is 0 Å². The van der Waals surface area contributed by atoms with E-state index in [2.05, 4.69) is 6.92 Å². The Morgan fingerprint density at radius 1 is 0.600 bits per heavy atom. The minimum Gasteiger partial charge on any atom is -0.396 e. The molecule has 0 spiro atoms. The molecular weight excluding hydrogens is 211 g/mol. The fraction of sp³-hybridized carbons (Fsp3) is 1.00. The van der Waals surface area contributed by atoms with Crippen molar-refractivity contribution in [2.75, 3.05) is 6.61 Å². The summed E-state index contributed by atoms with van der Waals surface area (Å²) in [5, 5.41) is 8.59. The fourth-order valence-corrected chi connectivity index (χ4v) is 1.78. The van der Waals surface area contributed by atoms with E-state index >= 15 is 0 Å². The molecule has 0 rings (SSSR count). The van der Waals surface area contributed by atoms with Crippen LogP contribution in [0, 0.1) is 0 Å². The van der Waals surface area contributed by atoms with Gasteiger partial charge in [0.15, 0.2) is 0 Å². The maximum absolute atomic E-state index is 8.59. The molecule has 0 aliphatic heterocycles. The first-order chi connectivity index (χ1) is 6.91. The molecule has 0 saturated heterocycles. The SMILES string of the molecule is CCCCCCCCCCCCCO.[K]. The van der Waals surface area contributed by atoms with Crippen LogP contribution in [-0.2, 0) is 0 Å². The summed E-state index contributed by atoms with van der Waals surface area (Å²) in [6.07, 6.45) is 14.8. The molecule has 0 aliphatic carbocycles. The van der Waals surface area contributed by atoms with Crippen LogP contribution in [0.5, 0.6) is 0 Å². The molecule has 0 amide bonds. The summed E-state index contributed by atoms with van der Waals surface area (Å²) in [6.45, 7) is 2.64. The summed E-state index contributed by atoms with van der Waals surface area (Å²) in [4.78, 5) is 0. The topological polar surface area (TPSA) is 20.2 Å².